The summed E-state index contributed by atoms with van der Waals surface area (Å²) in [4.78, 5) is 21.8. The highest BCUT2D eigenvalue weighted by Gasteiger charge is 2.58. The van der Waals surface area contributed by atoms with Gasteiger partial charge in [0, 0.05) is 0 Å². The molecule has 0 amide bonds. The van der Waals surface area contributed by atoms with Gasteiger partial charge in [0.15, 0.2) is 5.78 Å². The monoisotopic (exact) mass is 158 g/mol. The van der Waals surface area contributed by atoms with Gasteiger partial charge in [0.05, 0.1) is 13.2 Å². The van der Waals surface area contributed by atoms with E-state index in [1.54, 1.807) is 6.92 Å². The molecule has 0 aliphatic carbocycles. The molecule has 0 spiro atoms. The molecule has 1 aliphatic rings. The Labute approximate surface area is 64.5 Å². The Bertz CT molecular complexity index is 193. The molecule has 0 saturated carbocycles. The van der Waals surface area contributed by atoms with Crippen LogP contribution in [0.5, 0.6) is 0 Å². The van der Waals surface area contributed by atoms with Gasteiger partial charge in [-0.2, -0.15) is 0 Å². The summed E-state index contributed by atoms with van der Waals surface area (Å²) in [6.07, 6.45) is 0. The smallest absolute Gasteiger partial charge is 0.348 e. The van der Waals surface area contributed by atoms with Crippen LogP contribution in [0.2, 0.25) is 0 Å². The number of ketones is 1. The molecule has 0 aromatic rings. The third-order valence-corrected chi connectivity index (χ3v) is 1.61. The van der Waals surface area contributed by atoms with E-state index in [1.165, 1.54) is 6.92 Å². The lowest BCUT2D eigenvalue weighted by atomic mass is 10.1. The summed E-state index contributed by atoms with van der Waals surface area (Å²) < 4.78 is 9.39. The van der Waals surface area contributed by atoms with Crippen LogP contribution in [0, 0.1) is 0 Å². The van der Waals surface area contributed by atoms with Crippen LogP contribution in [0.25, 0.3) is 0 Å². The Morgan fingerprint density at radius 1 is 1.64 bits per heavy atom. The van der Waals surface area contributed by atoms with E-state index in [-0.39, 0.29) is 19.0 Å². The van der Waals surface area contributed by atoms with E-state index in [4.69, 9.17) is 4.74 Å². The number of rotatable bonds is 3. The predicted molar refractivity (Wildman–Crippen MR) is 36.0 cm³/mol. The Balaban J connectivity index is 2.58. The van der Waals surface area contributed by atoms with E-state index in [1.807, 2.05) is 0 Å². The molecule has 1 saturated heterocycles. The molecule has 62 valence electrons. The summed E-state index contributed by atoms with van der Waals surface area (Å²) in [6.45, 7) is 3.45. The first-order chi connectivity index (χ1) is 5.13. The third kappa shape index (κ3) is 1.26. The van der Waals surface area contributed by atoms with E-state index in [0.29, 0.717) is 0 Å². The van der Waals surface area contributed by atoms with Crippen molar-refractivity contribution in [3.63, 3.8) is 0 Å². The van der Waals surface area contributed by atoms with Gasteiger partial charge in [-0.25, -0.2) is 4.79 Å². The lowest BCUT2D eigenvalue weighted by Gasteiger charge is -2.05. The van der Waals surface area contributed by atoms with Gasteiger partial charge in [0.25, 0.3) is 0 Å². The summed E-state index contributed by atoms with van der Waals surface area (Å²) in [5.41, 5.74) is -1.24. The van der Waals surface area contributed by atoms with E-state index in [2.05, 4.69) is 4.74 Å². The maximum Gasteiger partial charge on any atom is 0.348 e. The van der Waals surface area contributed by atoms with E-state index in [0.717, 1.165) is 0 Å². The molecule has 4 nitrogen and oxygen atoms in total. The average Bonchev–Trinajstić information content (AvgIpc) is 2.66. The Kier molecular flexibility index (Phi) is 1.95. The van der Waals surface area contributed by atoms with Crippen LogP contribution >= 0.6 is 0 Å². The van der Waals surface area contributed by atoms with Crippen molar-refractivity contribution in [1.82, 2.24) is 0 Å². The summed E-state index contributed by atoms with van der Waals surface area (Å²) in [6, 6.07) is 0. The molecule has 1 heterocycles. The number of ether oxygens (including phenoxy) is 2. The summed E-state index contributed by atoms with van der Waals surface area (Å²) in [5, 5.41) is 0. The molecule has 0 N–H and O–H groups in total. The zero-order valence-corrected chi connectivity index (χ0v) is 6.55. The topological polar surface area (TPSA) is 55.9 Å². The van der Waals surface area contributed by atoms with Gasteiger partial charge < -0.3 is 9.47 Å². The molecular weight excluding hydrogens is 148 g/mol. The maximum absolute atomic E-state index is 11.0. The fourth-order valence-corrected chi connectivity index (χ4v) is 0.785. The molecular formula is C7H10O4. The summed E-state index contributed by atoms with van der Waals surface area (Å²) in [5.74, 6) is -0.844. The minimum absolute atomic E-state index is 0.168. The number of Topliss-reactive ketones (excluding diaryl/α,β-unsaturated/α-hetero) is 1. The first kappa shape index (κ1) is 8.20. The molecule has 1 unspecified atom stereocenters. The molecule has 11 heavy (non-hydrogen) atoms. The van der Waals surface area contributed by atoms with Crippen LogP contribution in [0.4, 0.5) is 0 Å². The fraction of sp³-hybridized carbons (Fsp3) is 0.714. The molecule has 0 aromatic carbocycles. The van der Waals surface area contributed by atoms with Crippen molar-refractivity contribution < 1.29 is 19.1 Å². The van der Waals surface area contributed by atoms with Crippen molar-refractivity contribution in [3.05, 3.63) is 0 Å². The number of esters is 1. The largest absolute Gasteiger partial charge is 0.463 e. The molecule has 0 aromatic heterocycles. The van der Waals surface area contributed by atoms with Crippen LogP contribution < -0.4 is 0 Å². The van der Waals surface area contributed by atoms with Gasteiger partial charge in [0.1, 0.15) is 0 Å². The molecule has 0 bridgehead atoms. The Hall–Kier alpha value is -0.900. The summed E-state index contributed by atoms with van der Waals surface area (Å²) >= 11 is 0. The fourth-order valence-electron chi connectivity index (χ4n) is 0.785. The van der Waals surface area contributed by atoms with Crippen molar-refractivity contribution in [2.45, 2.75) is 19.4 Å². The van der Waals surface area contributed by atoms with Crippen LogP contribution in [0.1, 0.15) is 13.8 Å². The van der Waals surface area contributed by atoms with Crippen molar-refractivity contribution in [1.29, 1.82) is 0 Å². The zero-order chi connectivity index (χ0) is 8.48. The number of epoxide rings is 1. The summed E-state index contributed by atoms with van der Waals surface area (Å²) in [7, 11) is 0. The van der Waals surface area contributed by atoms with Gasteiger partial charge in [-0.05, 0) is 13.8 Å². The van der Waals surface area contributed by atoms with Crippen LogP contribution in [-0.4, -0.2) is 30.6 Å². The lowest BCUT2D eigenvalue weighted by molar-refractivity contribution is -0.152. The van der Waals surface area contributed by atoms with E-state index < -0.39 is 11.6 Å². The second-order valence-electron chi connectivity index (χ2n) is 2.39. The van der Waals surface area contributed by atoms with Gasteiger partial charge in [-0.1, -0.05) is 0 Å². The predicted octanol–water partition coefficient (Wildman–Crippen LogP) is -0.0925. The minimum Gasteiger partial charge on any atom is -0.463 e. The number of hydrogen-bond donors (Lipinski definition) is 0. The number of carbonyl (C=O) groups is 2. The molecule has 1 rings (SSSR count). The van der Waals surface area contributed by atoms with Gasteiger partial charge in [-0.3, -0.25) is 4.79 Å². The Morgan fingerprint density at radius 3 is 2.45 bits per heavy atom. The van der Waals surface area contributed by atoms with E-state index >= 15 is 0 Å². The molecule has 1 aliphatic heterocycles. The standard InChI is InChI=1S/C7H10O4/c1-3-10-6(9)7(4-11-7)5(2)8/h3-4H2,1-2H3. The maximum atomic E-state index is 11.0. The lowest BCUT2D eigenvalue weighted by Crippen LogP contribution is -2.34. The minimum atomic E-state index is -1.24. The van der Waals surface area contributed by atoms with Crippen molar-refractivity contribution in [2.75, 3.05) is 13.2 Å². The zero-order valence-electron chi connectivity index (χ0n) is 6.55. The van der Waals surface area contributed by atoms with Gasteiger partial charge in [-0.15, -0.1) is 0 Å². The van der Waals surface area contributed by atoms with E-state index in [9.17, 15) is 9.59 Å². The second kappa shape index (κ2) is 2.62. The highest BCUT2D eigenvalue weighted by Crippen LogP contribution is 2.29. The molecule has 4 heteroatoms. The molecule has 1 fully saturated rings. The Morgan fingerprint density at radius 2 is 2.18 bits per heavy atom. The van der Waals surface area contributed by atoms with Crippen LogP contribution in [0.3, 0.4) is 0 Å². The first-order valence-corrected chi connectivity index (χ1v) is 3.45. The average molecular weight is 158 g/mol. The second-order valence-corrected chi connectivity index (χ2v) is 2.39. The number of carbonyl (C=O) groups excluding carboxylic acids is 2. The normalized spacial score (nSPS) is 27.8. The SMILES string of the molecule is CCOC(=O)C1(C(C)=O)CO1. The van der Waals surface area contributed by atoms with Crippen molar-refractivity contribution >= 4 is 11.8 Å². The highest BCUT2D eigenvalue weighted by molar-refractivity contribution is 6.08. The number of hydrogen-bond acceptors (Lipinski definition) is 4. The van der Waals surface area contributed by atoms with Gasteiger partial charge in [0.2, 0.25) is 5.60 Å². The molecule has 1 atom stereocenters. The van der Waals surface area contributed by atoms with Crippen LogP contribution in [0.15, 0.2) is 0 Å². The van der Waals surface area contributed by atoms with Crippen molar-refractivity contribution in [2.24, 2.45) is 0 Å². The third-order valence-electron chi connectivity index (χ3n) is 1.61. The van der Waals surface area contributed by atoms with Gasteiger partial charge >= 0.3 is 5.97 Å². The molecule has 0 radical (unpaired) electrons. The first-order valence-electron chi connectivity index (χ1n) is 3.45. The quantitative estimate of drug-likeness (QED) is 0.327. The van der Waals surface area contributed by atoms with Crippen molar-refractivity contribution in [3.8, 4) is 0 Å². The highest BCUT2D eigenvalue weighted by atomic mass is 16.6. The van der Waals surface area contributed by atoms with Crippen LogP contribution in [-0.2, 0) is 19.1 Å².